The fourth-order valence-corrected chi connectivity index (χ4v) is 3.32. The Hall–Kier alpha value is -2.74. The van der Waals surface area contributed by atoms with Gasteiger partial charge in [-0.25, -0.2) is 18.6 Å². The lowest BCUT2D eigenvalue weighted by atomic mass is 10.1. The Bertz CT molecular complexity index is 860. The van der Waals surface area contributed by atoms with E-state index in [-0.39, 0.29) is 34.4 Å². The summed E-state index contributed by atoms with van der Waals surface area (Å²) in [6, 6.07) is 5.19. The summed E-state index contributed by atoms with van der Waals surface area (Å²) < 4.78 is 34.1. The molecule has 0 aliphatic carbocycles. The second-order valence-corrected chi connectivity index (χ2v) is 6.49. The third kappa shape index (κ3) is 3.85. The molecule has 1 atom stereocenters. The van der Waals surface area contributed by atoms with Crippen molar-refractivity contribution in [3.05, 3.63) is 41.5 Å². The van der Waals surface area contributed by atoms with Crippen LogP contribution in [0.5, 0.6) is 5.75 Å². The van der Waals surface area contributed by atoms with E-state index in [0.717, 1.165) is 25.5 Å². The average Bonchev–Trinajstić information content (AvgIpc) is 3.05. The Morgan fingerprint density at radius 3 is 2.81 bits per heavy atom. The number of ether oxygens (including phenoxy) is 1. The maximum atomic E-state index is 14.6. The van der Waals surface area contributed by atoms with Gasteiger partial charge in [-0.05, 0) is 44.6 Å². The van der Waals surface area contributed by atoms with Gasteiger partial charge < -0.3 is 20.1 Å². The molecule has 0 radical (unpaired) electrons. The number of halogens is 2. The van der Waals surface area contributed by atoms with E-state index in [9.17, 15) is 18.7 Å². The standard InChI is InChI=1S/C19H21F2N3O3/c1-24-8-4-5-11(24)10-22-18-12(19(25)26)9-14(21)17(23-18)16-13(20)6-3-7-15(16)27-2/h3,6-7,9,11H,4-5,8,10H2,1-2H3,(H,22,23)(H,25,26)/t11-/m0/s1. The minimum Gasteiger partial charge on any atom is -0.496 e. The van der Waals surface area contributed by atoms with E-state index in [4.69, 9.17) is 4.74 Å². The van der Waals surface area contributed by atoms with Crippen molar-refractivity contribution in [2.24, 2.45) is 0 Å². The van der Waals surface area contributed by atoms with Gasteiger partial charge in [-0.3, -0.25) is 0 Å². The van der Waals surface area contributed by atoms with Gasteiger partial charge in [0.2, 0.25) is 0 Å². The van der Waals surface area contributed by atoms with Crippen LogP contribution < -0.4 is 10.1 Å². The molecule has 1 aliphatic heterocycles. The van der Waals surface area contributed by atoms with Gasteiger partial charge in [0.1, 0.15) is 28.6 Å². The molecule has 0 unspecified atom stereocenters. The molecule has 6 nitrogen and oxygen atoms in total. The number of aromatic carboxylic acids is 1. The fourth-order valence-electron chi connectivity index (χ4n) is 3.32. The van der Waals surface area contributed by atoms with Gasteiger partial charge in [-0.15, -0.1) is 0 Å². The molecule has 2 aromatic rings. The normalized spacial score (nSPS) is 17.1. The Balaban J connectivity index is 2.02. The summed E-state index contributed by atoms with van der Waals surface area (Å²) in [5, 5.41) is 12.4. The minimum absolute atomic E-state index is 0.00417. The summed E-state index contributed by atoms with van der Waals surface area (Å²) in [6.45, 7) is 1.43. The Labute approximate surface area is 155 Å². The second-order valence-electron chi connectivity index (χ2n) is 6.49. The number of likely N-dealkylation sites (tertiary alicyclic amines) is 1. The van der Waals surface area contributed by atoms with Gasteiger partial charge >= 0.3 is 5.97 Å². The first-order chi connectivity index (χ1) is 12.9. The highest BCUT2D eigenvalue weighted by Gasteiger charge is 2.25. The largest absolute Gasteiger partial charge is 0.496 e. The molecular formula is C19H21F2N3O3. The van der Waals surface area contributed by atoms with Gasteiger partial charge in [0.25, 0.3) is 0 Å². The number of carboxylic acids is 1. The SMILES string of the molecule is COc1cccc(F)c1-c1nc(NC[C@@H]2CCCN2C)c(C(=O)O)cc1F. The highest BCUT2D eigenvalue weighted by Crippen LogP contribution is 2.34. The third-order valence-electron chi connectivity index (χ3n) is 4.82. The van der Waals surface area contributed by atoms with Crippen LogP contribution >= 0.6 is 0 Å². The minimum atomic E-state index is -1.31. The summed E-state index contributed by atoms with van der Waals surface area (Å²) in [6.07, 6.45) is 2.03. The molecule has 2 heterocycles. The fraction of sp³-hybridized carbons (Fsp3) is 0.368. The van der Waals surface area contributed by atoms with Crippen LogP contribution in [-0.2, 0) is 0 Å². The van der Waals surface area contributed by atoms with Gasteiger partial charge in [-0.1, -0.05) is 6.07 Å². The number of hydrogen-bond donors (Lipinski definition) is 2. The number of rotatable bonds is 6. The smallest absolute Gasteiger partial charge is 0.339 e. The number of hydrogen-bond acceptors (Lipinski definition) is 5. The number of methoxy groups -OCH3 is 1. The molecule has 0 spiro atoms. The number of nitrogens with one attached hydrogen (secondary N) is 1. The van der Waals surface area contributed by atoms with Crippen LogP contribution in [0.2, 0.25) is 0 Å². The van der Waals surface area contributed by atoms with E-state index in [2.05, 4.69) is 15.2 Å². The van der Waals surface area contributed by atoms with Gasteiger partial charge in [0.15, 0.2) is 5.82 Å². The summed E-state index contributed by atoms with van der Waals surface area (Å²) in [5.74, 6) is -2.82. The number of anilines is 1. The first kappa shape index (κ1) is 19.0. The zero-order valence-corrected chi connectivity index (χ0v) is 15.1. The van der Waals surface area contributed by atoms with Crippen molar-refractivity contribution in [3.63, 3.8) is 0 Å². The van der Waals surface area contributed by atoms with Crippen molar-refractivity contribution in [3.8, 4) is 17.0 Å². The molecule has 2 N–H and O–H groups in total. The predicted octanol–water partition coefficient (Wildman–Crippen LogP) is 3.24. The highest BCUT2D eigenvalue weighted by atomic mass is 19.1. The molecule has 1 aromatic carbocycles. The van der Waals surface area contributed by atoms with Crippen molar-refractivity contribution in [1.82, 2.24) is 9.88 Å². The number of likely N-dealkylation sites (N-methyl/N-ethyl adjacent to an activating group) is 1. The third-order valence-corrected chi connectivity index (χ3v) is 4.82. The van der Waals surface area contributed by atoms with E-state index in [1.54, 1.807) is 0 Å². The second kappa shape index (κ2) is 7.87. The highest BCUT2D eigenvalue weighted by molar-refractivity contribution is 5.94. The van der Waals surface area contributed by atoms with Crippen molar-refractivity contribution < 1.29 is 23.4 Å². The van der Waals surface area contributed by atoms with Gasteiger partial charge in [0.05, 0.1) is 12.7 Å². The number of carboxylic acid groups (broad SMARTS) is 1. The summed E-state index contributed by atoms with van der Waals surface area (Å²) in [7, 11) is 3.34. The molecule has 144 valence electrons. The molecule has 1 aromatic heterocycles. The Morgan fingerprint density at radius 1 is 1.41 bits per heavy atom. The van der Waals surface area contributed by atoms with Crippen LogP contribution in [-0.4, -0.2) is 54.2 Å². The van der Waals surface area contributed by atoms with E-state index >= 15 is 0 Å². The first-order valence-electron chi connectivity index (χ1n) is 8.63. The zero-order valence-electron chi connectivity index (χ0n) is 15.1. The summed E-state index contributed by atoms with van der Waals surface area (Å²) >= 11 is 0. The number of aromatic nitrogens is 1. The van der Waals surface area contributed by atoms with E-state index < -0.39 is 17.6 Å². The number of carbonyl (C=O) groups is 1. The average molecular weight is 377 g/mol. The zero-order chi connectivity index (χ0) is 19.6. The van der Waals surface area contributed by atoms with Crippen LogP contribution in [0.15, 0.2) is 24.3 Å². The van der Waals surface area contributed by atoms with Crippen LogP contribution in [0, 0.1) is 11.6 Å². The molecule has 1 aliphatic rings. The van der Waals surface area contributed by atoms with Crippen molar-refractivity contribution in [1.29, 1.82) is 0 Å². The van der Waals surface area contributed by atoms with Crippen molar-refractivity contribution >= 4 is 11.8 Å². The van der Waals surface area contributed by atoms with Gasteiger partial charge in [0, 0.05) is 12.6 Å². The molecule has 1 saturated heterocycles. The Morgan fingerprint density at radius 2 is 2.19 bits per heavy atom. The quantitative estimate of drug-likeness (QED) is 0.805. The van der Waals surface area contributed by atoms with E-state index in [1.807, 2.05) is 7.05 Å². The lowest BCUT2D eigenvalue weighted by molar-refractivity contribution is 0.0697. The number of nitrogens with zero attached hydrogens (tertiary/aromatic N) is 2. The van der Waals surface area contributed by atoms with Gasteiger partial charge in [-0.2, -0.15) is 0 Å². The molecule has 1 fully saturated rings. The van der Waals surface area contributed by atoms with Crippen molar-refractivity contribution in [2.75, 3.05) is 32.6 Å². The molecule has 8 heteroatoms. The van der Waals surface area contributed by atoms with Crippen LogP contribution in [0.4, 0.5) is 14.6 Å². The van der Waals surface area contributed by atoms with Crippen molar-refractivity contribution in [2.45, 2.75) is 18.9 Å². The van der Waals surface area contributed by atoms with Crippen LogP contribution in [0.1, 0.15) is 23.2 Å². The molecular weight excluding hydrogens is 356 g/mol. The maximum absolute atomic E-state index is 14.6. The molecule has 0 bridgehead atoms. The van der Waals surface area contributed by atoms with E-state index in [0.29, 0.717) is 6.54 Å². The monoisotopic (exact) mass is 377 g/mol. The first-order valence-corrected chi connectivity index (χ1v) is 8.63. The van der Waals surface area contributed by atoms with Crippen LogP contribution in [0.25, 0.3) is 11.3 Å². The lowest BCUT2D eigenvalue weighted by Crippen LogP contribution is -2.32. The molecule has 27 heavy (non-hydrogen) atoms. The summed E-state index contributed by atoms with van der Waals surface area (Å²) in [4.78, 5) is 17.8. The molecule has 0 saturated carbocycles. The Kier molecular flexibility index (Phi) is 5.55. The summed E-state index contributed by atoms with van der Waals surface area (Å²) in [5.41, 5.74) is -0.736. The molecule has 3 rings (SSSR count). The van der Waals surface area contributed by atoms with E-state index in [1.165, 1.54) is 25.3 Å². The maximum Gasteiger partial charge on any atom is 0.339 e. The number of benzene rings is 1. The lowest BCUT2D eigenvalue weighted by Gasteiger charge is -2.21. The topological polar surface area (TPSA) is 74.7 Å². The number of pyridine rings is 1. The van der Waals surface area contributed by atoms with Crippen LogP contribution in [0.3, 0.4) is 0 Å². The molecule has 0 amide bonds. The predicted molar refractivity (Wildman–Crippen MR) is 97.2 cm³/mol.